The maximum atomic E-state index is 11.9. The molecule has 18 heavy (non-hydrogen) atoms. The highest BCUT2D eigenvalue weighted by Crippen LogP contribution is 2.08. The van der Waals surface area contributed by atoms with E-state index in [-0.39, 0.29) is 5.91 Å². The SMILES string of the molecule is CCCCNC(=O)c1cc2nc(C)cc(C)n2n1. The van der Waals surface area contributed by atoms with Crippen molar-refractivity contribution in [2.75, 3.05) is 6.54 Å². The first-order valence-electron chi connectivity index (χ1n) is 6.24. The highest BCUT2D eigenvalue weighted by Gasteiger charge is 2.12. The molecule has 0 saturated carbocycles. The summed E-state index contributed by atoms with van der Waals surface area (Å²) in [4.78, 5) is 16.2. The average molecular weight is 246 g/mol. The second kappa shape index (κ2) is 5.16. The Bertz CT molecular complexity index is 574. The molecule has 0 aliphatic rings. The highest BCUT2D eigenvalue weighted by atomic mass is 16.1. The van der Waals surface area contributed by atoms with Crippen molar-refractivity contribution >= 4 is 11.6 Å². The fourth-order valence-corrected chi connectivity index (χ4v) is 1.87. The summed E-state index contributed by atoms with van der Waals surface area (Å²) in [6.07, 6.45) is 2.04. The minimum Gasteiger partial charge on any atom is -0.351 e. The number of nitrogens with one attached hydrogen (secondary N) is 1. The van der Waals surface area contributed by atoms with Crippen LogP contribution in [0.5, 0.6) is 0 Å². The Hall–Kier alpha value is -1.91. The van der Waals surface area contributed by atoms with E-state index in [0.717, 1.165) is 24.2 Å². The second-order valence-corrected chi connectivity index (χ2v) is 4.45. The number of aryl methyl sites for hydroxylation is 2. The van der Waals surface area contributed by atoms with Gasteiger partial charge in [-0.25, -0.2) is 9.50 Å². The number of rotatable bonds is 4. The minimum absolute atomic E-state index is 0.133. The first kappa shape index (κ1) is 12.5. The Kier molecular flexibility index (Phi) is 3.60. The van der Waals surface area contributed by atoms with Crippen molar-refractivity contribution in [3.05, 3.63) is 29.2 Å². The Labute approximate surface area is 106 Å². The Morgan fingerprint density at radius 1 is 1.39 bits per heavy atom. The van der Waals surface area contributed by atoms with Crippen LogP contribution in [0.3, 0.4) is 0 Å². The molecule has 0 radical (unpaired) electrons. The third-order valence-electron chi connectivity index (χ3n) is 2.78. The van der Waals surface area contributed by atoms with Crippen LogP contribution in [0, 0.1) is 13.8 Å². The van der Waals surface area contributed by atoms with Gasteiger partial charge in [-0.3, -0.25) is 4.79 Å². The van der Waals surface area contributed by atoms with Gasteiger partial charge < -0.3 is 5.32 Å². The summed E-state index contributed by atoms with van der Waals surface area (Å²) in [5.74, 6) is -0.133. The number of carbonyl (C=O) groups excluding carboxylic acids is 1. The largest absolute Gasteiger partial charge is 0.351 e. The number of unbranched alkanes of at least 4 members (excludes halogenated alkanes) is 1. The molecule has 2 rings (SSSR count). The Morgan fingerprint density at radius 3 is 2.89 bits per heavy atom. The fraction of sp³-hybridized carbons (Fsp3) is 0.462. The summed E-state index contributed by atoms with van der Waals surface area (Å²) < 4.78 is 1.70. The molecule has 0 spiro atoms. The molecule has 1 amide bonds. The van der Waals surface area contributed by atoms with Gasteiger partial charge in [-0.15, -0.1) is 0 Å². The van der Waals surface area contributed by atoms with Crippen LogP contribution in [0.2, 0.25) is 0 Å². The van der Waals surface area contributed by atoms with Gasteiger partial charge in [0.25, 0.3) is 5.91 Å². The van der Waals surface area contributed by atoms with E-state index in [1.165, 1.54) is 0 Å². The van der Waals surface area contributed by atoms with Gasteiger partial charge in [0.2, 0.25) is 0 Å². The molecule has 2 aromatic heterocycles. The summed E-state index contributed by atoms with van der Waals surface area (Å²) in [6.45, 7) is 6.66. The number of nitrogens with zero attached hydrogens (tertiary/aromatic N) is 3. The number of amides is 1. The van der Waals surface area contributed by atoms with Gasteiger partial charge in [0.05, 0.1) is 0 Å². The lowest BCUT2D eigenvalue weighted by Gasteiger charge is -2.00. The molecule has 0 bridgehead atoms. The van der Waals surface area contributed by atoms with Crippen molar-refractivity contribution in [3.63, 3.8) is 0 Å². The lowest BCUT2D eigenvalue weighted by molar-refractivity contribution is 0.0948. The molecule has 0 atom stereocenters. The molecule has 0 unspecified atom stereocenters. The van der Waals surface area contributed by atoms with Crippen molar-refractivity contribution in [2.45, 2.75) is 33.6 Å². The van der Waals surface area contributed by atoms with E-state index in [0.29, 0.717) is 17.9 Å². The molecule has 0 aliphatic heterocycles. The van der Waals surface area contributed by atoms with Crippen LogP contribution in [0.4, 0.5) is 0 Å². The zero-order valence-electron chi connectivity index (χ0n) is 11.0. The Morgan fingerprint density at radius 2 is 2.17 bits per heavy atom. The number of carbonyl (C=O) groups is 1. The van der Waals surface area contributed by atoms with E-state index in [1.54, 1.807) is 10.6 Å². The van der Waals surface area contributed by atoms with Gasteiger partial charge >= 0.3 is 0 Å². The van der Waals surface area contributed by atoms with Crippen molar-refractivity contribution in [3.8, 4) is 0 Å². The molecule has 2 heterocycles. The van der Waals surface area contributed by atoms with Crippen LogP contribution in [0.25, 0.3) is 5.65 Å². The second-order valence-electron chi connectivity index (χ2n) is 4.45. The zero-order valence-corrected chi connectivity index (χ0v) is 11.0. The third kappa shape index (κ3) is 2.50. The van der Waals surface area contributed by atoms with E-state index < -0.39 is 0 Å². The molecule has 1 N–H and O–H groups in total. The number of aromatic nitrogens is 3. The van der Waals surface area contributed by atoms with Gasteiger partial charge in [-0.2, -0.15) is 5.10 Å². The van der Waals surface area contributed by atoms with Crippen molar-refractivity contribution in [2.24, 2.45) is 0 Å². The quantitative estimate of drug-likeness (QED) is 0.838. The standard InChI is InChI=1S/C13H18N4O/c1-4-5-6-14-13(18)11-8-12-15-9(2)7-10(3)17(12)16-11/h7-8H,4-6H2,1-3H3,(H,14,18). The van der Waals surface area contributed by atoms with Crippen LogP contribution in [0.15, 0.2) is 12.1 Å². The van der Waals surface area contributed by atoms with Crippen molar-refractivity contribution in [1.29, 1.82) is 0 Å². The summed E-state index contributed by atoms with van der Waals surface area (Å²) in [5, 5.41) is 7.13. The molecule has 0 aliphatic carbocycles. The molecule has 5 heteroatoms. The maximum absolute atomic E-state index is 11.9. The summed E-state index contributed by atoms with van der Waals surface area (Å²) in [6, 6.07) is 3.67. The molecule has 0 aromatic carbocycles. The van der Waals surface area contributed by atoms with E-state index in [1.807, 2.05) is 19.9 Å². The maximum Gasteiger partial charge on any atom is 0.271 e. The molecule has 2 aromatic rings. The average Bonchev–Trinajstić information content (AvgIpc) is 2.73. The summed E-state index contributed by atoms with van der Waals surface area (Å²) >= 11 is 0. The van der Waals surface area contributed by atoms with Gasteiger partial charge in [0, 0.05) is 24.0 Å². The molecule has 0 saturated heterocycles. The molecule has 5 nitrogen and oxygen atoms in total. The molecular formula is C13H18N4O. The first-order valence-corrected chi connectivity index (χ1v) is 6.24. The fourth-order valence-electron chi connectivity index (χ4n) is 1.87. The van der Waals surface area contributed by atoms with Gasteiger partial charge in [-0.1, -0.05) is 13.3 Å². The Balaban J connectivity index is 2.24. The predicted octanol–water partition coefficient (Wildman–Crippen LogP) is 1.88. The molecule has 96 valence electrons. The first-order chi connectivity index (χ1) is 8.61. The normalized spacial score (nSPS) is 10.8. The predicted molar refractivity (Wildman–Crippen MR) is 69.7 cm³/mol. The molecule has 0 fully saturated rings. The number of hydrogen-bond acceptors (Lipinski definition) is 3. The van der Waals surface area contributed by atoms with Gasteiger partial charge in [0.1, 0.15) is 0 Å². The van der Waals surface area contributed by atoms with Gasteiger partial charge in [0.15, 0.2) is 11.3 Å². The van der Waals surface area contributed by atoms with E-state index >= 15 is 0 Å². The molecular weight excluding hydrogens is 228 g/mol. The van der Waals surface area contributed by atoms with Crippen LogP contribution in [-0.2, 0) is 0 Å². The summed E-state index contributed by atoms with van der Waals surface area (Å²) in [7, 11) is 0. The van der Waals surface area contributed by atoms with Gasteiger partial charge in [-0.05, 0) is 26.3 Å². The van der Waals surface area contributed by atoms with Crippen LogP contribution in [0.1, 0.15) is 41.6 Å². The van der Waals surface area contributed by atoms with E-state index in [9.17, 15) is 4.79 Å². The van der Waals surface area contributed by atoms with E-state index in [4.69, 9.17) is 0 Å². The highest BCUT2D eigenvalue weighted by molar-refractivity contribution is 5.93. The van der Waals surface area contributed by atoms with Crippen molar-refractivity contribution < 1.29 is 4.79 Å². The third-order valence-corrected chi connectivity index (χ3v) is 2.78. The lowest BCUT2D eigenvalue weighted by atomic mass is 10.3. The number of fused-ring (bicyclic) bond motifs is 1. The van der Waals surface area contributed by atoms with Crippen molar-refractivity contribution in [1.82, 2.24) is 19.9 Å². The summed E-state index contributed by atoms with van der Waals surface area (Å²) in [5.41, 5.74) is 3.04. The minimum atomic E-state index is -0.133. The van der Waals surface area contributed by atoms with Crippen LogP contribution in [-0.4, -0.2) is 27.0 Å². The zero-order chi connectivity index (χ0) is 13.1. The van der Waals surface area contributed by atoms with E-state index in [2.05, 4.69) is 22.3 Å². The number of hydrogen-bond donors (Lipinski definition) is 1. The van der Waals surface area contributed by atoms with Crippen LogP contribution >= 0.6 is 0 Å². The monoisotopic (exact) mass is 246 g/mol. The topological polar surface area (TPSA) is 59.3 Å². The lowest BCUT2D eigenvalue weighted by Crippen LogP contribution is -2.24. The smallest absolute Gasteiger partial charge is 0.271 e. The van der Waals surface area contributed by atoms with Crippen LogP contribution < -0.4 is 5.32 Å².